The van der Waals surface area contributed by atoms with Gasteiger partial charge >= 0.3 is 5.97 Å². The fourth-order valence-electron chi connectivity index (χ4n) is 3.28. The van der Waals surface area contributed by atoms with E-state index in [0.29, 0.717) is 22.9 Å². The van der Waals surface area contributed by atoms with Gasteiger partial charge in [0.1, 0.15) is 16.4 Å². The van der Waals surface area contributed by atoms with Crippen LogP contribution in [0.15, 0.2) is 75.2 Å². The lowest BCUT2D eigenvalue weighted by Crippen LogP contribution is -2.30. The van der Waals surface area contributed by atoms with Crippen molar-refractivity contribution in [1.82, 2.24) is 13.9 Å². The van der Waals surface area contributed by atoms with E-state index >= 15 is 0 Å². The predicted octanol–water partition coefficient (Wildman–Crippen LogP) is 2.70. The Morgan fingerprint density at radius 2 is 1.62 bits per heavy atom. The van der Waals surface area contributed by atoms with Crippen LogP contribution in [0.1, 0.15) is 15.4 Å². The molecule has 0 atom stereocenters. The molecule has 0 saturated heterocycles. The average Bonchev–Trinajstić information content (AvgIpc) is 3.05. The van der Waals surface area contributed by atoms with Crippen molar-refractivity contribution < 1.29 is 14.3 Å². The normalized spacial score (nSPS) is 11.5. The van der Waals surface area contributed by atoms with E-state index in [2.05, 4.69) is 4.99 Å². The molecule has 0 spiro atoms. The number of esters is 1. The molecule has 0 unspecified atom stereocenters. The van der Waals surface area contributed by atoms with Crippen molar-refractivity contribution in [1.29, 1.82) is 0 Å². The van der Waals surface area contributed by atoms with Crippen molar-refractivity contribution in [2.45, 2.75) is 6.92 Å². The summed E-state index contributed by atoms with van der Waals surface area (Å²) in [6, 6.07) is 16.9. The number of rotatable bonds is 5. The van der Waals surface area contributed by atoms with Gasteiger partial charge in [0.15, 0.2) is 10.5 Å². The van der Waals surface area contributed by atoms with Crippen molar-refractivity contribution in [2.75, 3.05) is 7.11 Å². The third kappa shape index (κ3) is 4.35. The van der Waals surface area contributed by atoms with Crippen molar-refractivity contribution in [3.63, 3.8) is 0 Å². The Morgan fingerprint density at radius 1 is 0.971 bits per heavy atom. The number of hydrogen-bond acceptors (Lipinski definition) is 7. The van der Waals surface area contributed by atoms with Crippen LogP contribution in [0.25, 0.3) is 5.69 Å². The summed E-state index contributed by atoms with van der Waals surface area (Å²) in [5.41, 5.74) is 0.695. The summed E-state index contributed by atoms with van der Waals surface area (Å²) in [5, 5.41) is 0. The quantitative estimate of drug-likeness (QED) is 0.325. The molecular weight excluding hydrogens is 456 g/mol. The first kappa shape index (κ1) is 23.0. The number of carbonyl (C=O) groups is 1. The van der Waals surface area contributed by atoms with Crippen molar-refractivity contribution in [2.24, 2.45) is 19.1 Å². The maximum atomic E-state index is 13.2. The summed E-state index contributed by atoms with van der Waals surface area (Å²) in [5.74, 6) is 0.231. The smallest absolute Gasteiger partial charge is 0.354 e. The molecule has 10 heteroatoms. The Bertz CT molecular complexity index is 1540. The van der Waals surface area contributed by atoms with Gasteiger partial charge in [0.25, 0.3) is 11.1 Å². The highest BCUT2D eigenvalue weighted by Crippen LogP contribution is 2.19. The molecule has 0 aliphatic heterocycles. The zero-order valence-corrected chi connectivity index (χ0v) is 19.8. The van der Waals surface area contributed by atoms with Crippen LogP contribution in [0.3, 0.4) is 0 Å². The molecule has 2 heterocycles. The minimum atomic E-state index is -0.698. The molecule has 0 aliphatic carbocycles. The van der Waals surface area contributed by atoms with E-state index in [9.17, 15) is 14.4 Å². The van der Waals surface area contributed by atoms with E-state index in [4.69, 9.17) is 9.47 Å². The van der Waals surface area contributed by atoms with Crippen molar-refractivity contribution in [3.8, 4) is 17.2 Å². The Morgan fingerprint density at radius 3 is 2.26 bits per heavy atom. The van der Waals surface area contributed by atoms with Crippen LogP contribution in [-0.4, -0.2) is 27.0 Å². The summed E-state index contributed by atoms with van der Waals surface area (Å²) >= 11 is 0.961. The largest absolute Gasteiger partial charge is 0.497 e. The number of aromatic nitrogens is 3. The van der Waals surface area contributed by atoms with Crippen LogP contribution in [-0.2, 0) is 14.1 Å². The van der Waals surface area contributed by atoms with E-state index in [0.717, 1.165) is 11.3 Å². The molecule has 4 rings (SSSR count). The van der Waals surface area contributed by atoms with Crippen LogP contribution >= 0.6 is 11.3 Å². The Labute approximate surface area is 198 Å². The summed E-state index contributed by atoms with van der Waals surface area (Å²) in [7, 11) is 4.83. The Hall–Kier alpha value is -4.18. The second-order valence-corrected chi connectivity index (χ2v) is 8.39. The van der Waals surface area contributed by atoms with Gasteiger partial charge in [-0.1, -0.05) is 29.5 Å². The van der Waals surface area contributed by atoms with Gasteiger partial charge in [0.05, 0.1) is 18.5 Å². The molecule has 34 heavy (non-hydrogen) atoms. The molecule has 0 saturated carbocycles. The number of ether oxygens (including phenoxy) is 2. The maximum absolute atomic E-state index is 13.2. The lowest BCUT2D eigenvalue weighted by atomic mass is 10.3. The van der Waals surface area contributed by atoms with Crippen LogP contribution < -0.4 is 25.4 Å². The lowest BCUT2D eigenvalue weighted by molar-refractivity contribution is 0.0739. The fourth-order valence-corrected chi connectivity index (χ4v) is 4.12. The Balaban J connectivity index is 1.77. The van der Waals surface area contributed by atoms with E-state index in [-0.39, 0.29) is 20.9 Å². The highest BCUT2D eigenvalue weighted by Gasteiger charge is 2.17. The number of methoxy groups -OCH3 is 1. The molecule has 0 amide bonds. The molecule has 2 aromatic heterocycles. The first-order valence-corrected chi connectivity index (χ1v) is 11.1. The molecule has 4 aromatic rings. The average molecular weight is 479 g/mol. The molecule has 0 aliphatic rings. The van der Waals surface area contributed by atoms with Gasteiger partial charge in [-0.15, -0.1) is 0 Å². The van der Waals surface area contributed by atoms with Gasteiger partial charge in [-0.2, -0.15) is 0 Å². The molecule has 2 aromatic carbocycles. The van der Waals surface area contributed by atoms with Gasteiger partial charge in [-0.3, -0.25) is 18.8 Å². The van der Waals surface area contributed by atoms with Gasteiger partial charge in [-0.05, 0) is 43.3 Å². The first-order chi connectivity index (χ1) is 16.3. The van der Waals surface area contributed by atoms with Crippen molar-refractivity contribution in [3.05, 3.63) is 96.7 Å². The zero-order chi connectivity index (χ0) is 24.4. The number of para-hydroxylation sites is 1. The minimum absolute atomic E-state index is 0.0645. The number of nitrogens with zero attached hydrogens (tertiary/aromatic N) is 4. The summed E-state index contributed by atoms with van der Waals surface area (Å²) in [6.45, 7) is 1.77. The molecule has 0 radical (unpaired) electrons. The third-order valence-electron chi connectivity index (χ3n) is 5.28. The standard InChI is InChI=1S/C24H22N4O5S/c1-15-21(22(30)28(27(15)3)16-8-6-5-7-9-16)25-24-26(2)20(29)14-19(34-24)23(31)33-18-12-10-17(32-4)11-13-18/h5-14H,1-4H3. The zero-order valence-electron chi connectivity index (χ0n) is 19.0. The van der Waals surface area contributed by atoms with Crippen LogP contribution in [0.4, 0.5) is 5.69 Å². The minimum Gasteiger partial charge on any atom is -0.497 e. The number of benzene rings is 2. The van der Waals surface area contributed by atoms with Crippen LogP contribution in [0, 0.1) is 6.92 Å². The second kappa shape index (κ2) is 9.36. The SMILES string of the molecule is COc1ccc(OC(=O)c2cc(=O)n(C)c(=Nc3c(C)n(C)n(-c4ccccc4)c3=O)s2)cc1. The predicted molar refractivity (Wildman–Crippen MR) is 128 cm³/mol. The monoisotopic (exact) mass is 478 g/mol. The number of carbonyl (C=O) groups excluding carboxylic acids is 1. The topological polar surface area (TPSA) is 96.8 Å². The van der Waals surface area contributed by atoms with E-state index in [1.165, 1.54) is 29.5 Å². The lowest BCUT2D eigenvalue weighted by Gasteiger charge is -2.07. The Kier molecular flexibility index (Phi) is 6.33. The fraction of sp³-hybridized carbons (Fsp3) is 0.167. The van der Waals surface area contributed by atoms with Crippen molar-refractivity contribution >= 4 is 23.0 Å². The molecular formula is C24H22N4O5S. The van der Waals surface area contributed by atoms with E-state index in [1.807, 2.05) is 30.3 Å². The van der Waals surface area contributed by atoms with Gasteiger partial charge in [-0.25, -0.2) is 14.5 Å². The van der Waals surface area contributed by atoms with Gasteiger partial charge < -0.3 is 9.47 Å². The van der Waals surface area contributed by atoms with Gasteiger partial charge in [0, 0.05) is 20.2 Å². The molecule has 0 fully saturated rings. The van der Waals surface area contributed by atoms with Crippen LogP contribution in [0.2, 0.25) is 0 Å². The summed E-state index contributed by atoms with van der Waals surface area (Å²) in [4.78, 5) is 43.2. The molecule has 9 nitrogen and oxygen atoms in total. The van der Waals surface area contributed by atoms with E-state index < -0.39 is 11.5 Å². The molecule has 0 bridgehead atoms. The highest BCUT2D eigenvalue weighted by atomic mass is 32.1. The van der Waals surface area contributed by atoms with E-state index in [1.54, 1.807) is 42.9 Å². The summed E-state index contributed by atoms with van der Waals surface area (Å²) < 4.78 is 15.0. The number of hydrogen-bond donors (Lipinski definition) is 0. The third-order valence-corrected chi connectivity index (χ3v) is 6.33. The second-order valence-electron chi connectivity index (χ2n) is 7.38. The van der Waals surface area contributed by atoms with Gasteiger partial charge in [0.2, 0.25) is 0 Å². The maximum Gasteiger partial charge on any atom is 0.354 e. The summed E-state index contributed by atoms with van der Waals surface area (Å²) in [6.07, 6.45) is 0. The first-order valence-electron chi connectivity index (χ1n) is 10.3. The van der Waals surface area contributed by atoms with Crippen LogP contribution in [0.5, 0.6) is 11.5 Å². The molecule has 0 N–H and O–H groups in total. The molecule has 174 valence electrons. The highest BCUT2D eigenvalue weighted by molar-refractivity contribution is 7.11.